The molecule has 0 radical (unpaired) electrons. The maximum Gasteiger partial charge on any atom is 0.149 e. The van der Waals surface area contributed by atoms with Crippen LogP contribution >= 0.6 is 0 Å². The van der Waals surface area contributed by atoms with Crippen LogP contribution in [-0.4, -0.2) is 20.1 Å². The highest BCUT2D eigenvalue weighted by atomic mass is 19.1. The fourth-order valence-corrected chi connectivity index (χ4v) is 3.31. The van der Waals surface area contributed by atoms with Crippen molar-refractivity contribution in [3.63, 3.8) is 0 Å². The average molecular weight is 296 g/mol. The van der Waals surface area contributed by atoms with Gasteiger partial charge in [0.05, 0.1) is 0 Å². The molecule has 4 heteroatoms. The first-order valence-corrected chi connectivity index (χ1v) is 8.03. The second-order valence-electron chi connectivity index (χ2n) is 6.01. The zero-order chi connectivity index (χ0) is 15.2. The molecule has 0 aliphatic carbocycles. The smallest absolute Gasteiger partial charge is 0.149 e. The quantitative estimate of drug-likeness (QED) is 0.880. The lowest BCUT2D eigenvalue weighted by molar-refractivity contribution is 0.435. The van der Waals surface area contributed by atoms with Crippen LogP contribution in [0.15, 0.2) is 12.1 Å². The van der Waals surface area contributed by atoms with E-state index in [0.717, 1.165) is 25.9 Å². The van der Waals surface area contributed by atoms with Gasteiger partial charge in [0.2, 0.25) is 0 Å². The van der Waals surface area contributed by atoms with Crippen LogP contribution in [0.3, 0.4) is 0 Å². The largest absolute Gasteiger partial charge is 0.367 e. The Balaban J connectivity index is 2.14. The summed E-state index contributed by atoms with van der Waals surface area (Å²) in [4.78, 5) is 1.89. The third-order valence-electron chi connectivity index (χ3n) is 4.32. The number of halogens is 2. The van der Waals surface area contributed by atoms with Gasteiger partial charge in [-0.15, -0.1) is 0 Å². The van der Waals surface area contributed by atoms with Gasteiger partial charge in [0.25, 0.3) is 0 Å². The minimum atomic E-state index is -0.436. The second-order valence-corrected chi connectivity index (χ2v) is 6.01. The molecule has 1 unspecified atom stereocenters. The van der Waals surface area contributed by atoms with Crippen molar-refractivity contribution in [2.24, 2.45) is 5.92 Å². The molecule has 1 aromatic carbocycles. The molecule has 1 aromatic rings. The Morgan fingerprint density at radius 2 is 1.90 bits per heavy atom. The lowest BCUT2D eigenvalue weighted by Gasteiger charge is -2.24. The maximum atomic E-state index is 14.3. The van der Waals surface area contributed by atoms with Crippen molar-refractivity contribution in [1.82, 2.24) is 5.32 Å². The molecule has 1 heterocycles. The van der Waals surface area contributed by atoms with E-state index in [2.05, 4.69) is 12.2 Å². The van der Waals surface area contributed by atoms with Crippen molar-refractivity contribution in [2.45, 2.75) is 45.6 Å². The summed E-state index contributed by atoms with van der Waals surface area (Å²) in [5.74, 6) is -0.168. The van der Waals surface area contributed by atoms with Gasteiger partial charge in [-0.1, -0.05) is 19.8 Å². The van der Waals surface area contributed by atoms with Crippen molar-refractivity contribution < 1.29 is 8.78 Å². The normalized spacial score (nSPS) is 19.6. The lowest BCUT2D eigenvalue weighted by Crippen LogP contribution is -2.26. The topological polar surface area (TPSA) is 15.3 Å². The van der Waals surface area contributed by atoms with Gasteiger partial charge in [-0.25, -0.2) is 8.78 Å². The van der Waals surface area contributed by atoms with Gasteiger partial charge >= 0.3 is 0 Å². The Morgan fingerprint density at radius 1 is 1.19 bits per heavy atom. The molecular formula is C17H26F2N2. The van der Waals surface area contributed by atoms with Gasteiger partial charge in [0, 0.05) is 19.6 Å². The summed E-state index contributed by atoms with van der Waals surface area (Å²) < 4.78 is 28.6. The standard InChI is InChI=1S/C17H26F2N2/c1-3-5-13-6-4-8-21(9-7-13)17-15(18)10-14(12-20-2)11-16(17)19/h10-11,13,20H,3-9,12H2,1-2H3. The van der Waals surface area contributed by atoms with E-state index in [1.54, 1.807) is 7.05 Å². The van der Waals surface area contributed by atoms with Gasteiger partial charge in [-0.2, -0.15) is 0 Å². The molecule has 21 heavy (non-hydrogen) atoms. The number of hydrogen-bond donors (Lipinski definition) is 1. The summed E-state index contributed by atoms with van der Waals surface area (Å²) >= 11 is 0. The van der Waals surface area contributed by atoms with Crippen LogP contribution in [0.2, 0.25) is 0 Å². The molecule has 2 nitrogen and oxygen atoms in total. The van der Waals surface area contributed by atoms with E-state index in [1.165, 1.54) is 31.4 Å². The fraction of sp³-hybridized carbons (Fsp3) is 0.647. The highest BCUT2D eigenvalue weighted by molar-refractivity contribution is 5.51. The molecule has 0 aromatic heterocycles. The molecule has 1 saturated heterocycles. The SMILES string of the molecule is CCCC1CCCN(c2c(F)cc(CNC)cc2F)CC1. The Morgan fingerprint density at radius 3 is 2.52 bits per heavy atom. The van der Waals surface area contributed by atoms with Crippen molar-refractivity contribution in [3.8, 4) is 0 Å². The molecule has 1 fully saturated rings. The third-order valence-corrected chi connectivity index (χ3v) is 4.32. The van der Waals surface area contributed by atoms with Crippen LogP contribution < -0.4 is 10.2 Å². The summed E-state index contributed by atoms with van der Waals surface area (Å²) in [6, 6.07) is 2.90. The summed E-state index contributed by atoms with van der Waals surface area (Å²) in [7, 11) is 1.77. The molecule has 0 amide bonds. The van der Waals surface area contributed by atoms with E-state index < -0.39 is 11.6 Å². The first kappa shape index (κ1) is 16.2. The number of hydrogen-bond acceptors (Lipinski definition) is 2. The summed E-state index contributed by atoms with van der Waals surface area (Å²) in [6.07, 6.45) is 5.63. The molecule has 1 aliphatic heterocycles. The molecular weight excluding hydrogens is 270 g/mol. The fourth-order valence-electron chi connectivity index (χ4n) is 3.31. The van der Waals surface area contributed by atoms with Crippen molar-refractivity contribution in [2.75, 3.05) is 25.0 Å². The van der Waals surface area contributed by atoms with Crippen LogP contribution in [0, 0.1) is 17.6 Å². The van der Waals surface area contributed by atoms with E-state index in [9.17, 15) is 8.78 Å². The Labute approximate surface area is 126 Å². The number of nitrogens with zero attached hydrogens (tertiary/aromatic N) is 1. The lowest BCUT2D eigenvalue weighted by atomic mass is 9.96. The van der Waals surface area contributed by atoms with Gasteiger partial charge in [0.15, 0.2) is 0 Å². The Bertz CT molecular complexity index is 439. The summed E-state index contributed by atoms with van der Waals surface area (Å²) in [6.45, 7) is 4.18. The van der Waals surface area contributed by atoms with Gasteiger partial charge < -0.3 is 10.2 Å². The first-order valence-electron chi connectivity index (χ1n) is 8.03. The van der Waals surface area contributed by atoms with E-state index in [1.807, 2.05) is 4.90 Å². The zero-order valence-electron chi connectivity index (χ0n) is 13.1. The van der Waals surface area contributed by atoms with E-state index in [0.29, 0.717) is 18.0 Å². The van der Waals surface area contributed by atoms with Crippen LogP contribution in [0.1, 0.15) is 44.6 Å². The predicted octanol–water partition coefficient (Wildman–Crippen LogP) is 4.09. The van der Waals surface area contributed by atoms with Gasteiger partial charge in [-0.3, -0.25) is 0 Å². The summed E-state index contributed by atoms with van der Waals surface area (Å²) in [5, 5.41) is 2.92. The monoisotopic (exact) mass is 296 g/mol. The number of benzene rings is 1. The van der Waals surface area contributed by atoms with E-state index >= 15 is 0 Å². The minimum absolute atomic E-state index is 0.159. The van der Waals surface area contributed by atoms with Crippen molar-refractivity contribution >= 4 is 5.69 Å². The van der Waals surface area contributed by atoms with E-state index in [4.69, 9.17) is 0 Å². The maximum absolute atomic E-state index is 14.3. The van der Waals surface area contributed by atoms with Crippen LogP contribution in [-0.2, 0) is 6.54 Å². The molecule has 0 spiro atoms. The minimum Gasteiger partial charge on any atom is -0.367 e. The third kappa shape index (κ3) is 4.16. The van der Waals surface area contributed by atoms with Crippen molar-refractivity contribution in [3.05, 3.63) is 29.3 Å². The highest BCUT2D eigenvalue weighted by Crippen LogP contribution is 2.30. The number of rotatable bonds is 5. The summed E-state index contributed by atoms with van der Waals surface area (Å²) in [5.41, 5.74) is 0.807. The zero-order valence-corrected chi connectivity index (χ0v) is 13.1. The second kappa shape index (κ2) is 7.74. The average Bonchev–Trinajstić information content (AvgIpc) is 2.65. The molecule has 118 valence electrons. The van der Waals surface area contributed by atoms with Crippen molar-refractivity contribution in [1.29, 1.82) is 0 Å². The van der Waals surface area contributed by atoms with Crippen LogP contribution in [0.5, 0.6) is 0 Å². The Kier molecular flexibility index (Phi) is 5.97. The molecule has 2 rings (SSSR count). The molecule has 0 saturated carbocycles. The van der Waals surface area contributed by atoms with Crippen LogP contribution in [0.4, 0.5) is 14.5 Å². The predicted molar refractivity (Wildman–Crippen MR) is 83.6 cm³/mol. The number of anilines is 1. The van der Waals surface area contributed by atoms with Gasteiger partial charge in [0.1, 0.15) is 17.3 Å². The molecule has 1 aliphatic rings. The van der Waals surface area contributed by atoms with E-state index in [-0.39, 0.29) is 5.69 Å². The number of nitrogens with one attached hydrogen (secondary N) is 1. The Hall–Kier alpha value is -1.16. The van der Waals surface area contributed by atoms with Gasteiger partial charge in [-0.05, 0) is 49.9 Å². The molecule has 0 bridgehead atoms. The first-order chi connectivity index (χ1) is 10.2. The van der Waals surface area contributed by atoms with Crippen LogP contribution in [0.25, 0.3) is 0 Å². The highest BCUT2D eigenvalue weighted by Gasteiger charge is 2.22. The molecule has 1 N–H and O–H groups in total. The molecule has 1 atom stereocenters.